The second kappa shape index (κ2) is 6.71. The van der Waals surface area contributed by atoms with Crippen LogP contribution in [0.3, 0.4) is 0 Å². The van der Waals surface area contributed by atoms with E-state index in [2.05, 4.69) is 17.1 Å². The number of rotatable bonds is 5. The molecule has 0 saturated carbocycles. The van der Waals surface area contributed by atoms with E-state index in [0.717, 1.165) is 30.5 Å². The van der Waals surface area contributed by atoms with E-state index in [1.807, 2.05) is 35.0 Å². The van der Waals surface area contributed by atoms with Gasteiger partial charge in [-0.05, 0) is 49.5 Å². The molecule has 0 spiro atoms. The van der Waals surface area contributed by atoms with Crippen LogP contribution >= 0.6 is 11.6 Å². The lowest BCUT2D eigenvalue weighted by Crippen LogP contribution is -2.40. The minimum atomic E-state index is 0.0560. The zero-order valence-electron chi connectivity index (χ0n) is 12.9. The third kappa shape index (κ3) is 3.28. The van der Waals surface area contributed by atoms with Crippen molar-refractivity contribution in [3.05, 3.63) is 35.5 Å². The van der Waals surface area contributed by atoms with Crippen LogP contribution in [0, 0.1) is 0 Å². The summed E-state index contributed by atoms with van der Waals surface area (Å²) in [6, 6.07) is 8.25. The standard InChI is InChI=1S/C17H22ClN3O/c1-2-20-8-3-4-15(20)11-19-17(22)12-21-9-7-13-5-6-14(18)10-16(13)21/h5-7,9-10,15H,2-4,8,11-12H2,1H3,(H,19,22)/t15-/m1/s1. The van der Waals surface area contributed by atoms with Gasteiger partial charge in [0.15, 0.2) is 0 Å². The number of hydrogen-bond donors (Lipinski definition) is 1. The van der Waals surface area contributed by atoms with Crippen molar-refractivity contribution in [3.63, 3.8) is 0 Å². The molecule has 0 bridgehead atoms. The van der Waals surface area contributed by atoms with Crippen LogP contribution in [0.1, 0.15) is 19.8 Å². The Morgan fingerprint density at radius 1 is 1.41 bits per heavy atom. The molecule has 1 atom stereocenters. The lowest BCUT2D eigenvalue weighted by Gasteiger charge is -2.22. The number of hydrogen-bond acceptors (Lipinski definition) is 2. The number of fused-ring (bicyclic) bond motifs is 1. The molecule has 4 nitrogen and oxygen atoms in total. The molecule has 1 saturated heterocycles. The van der Waals surface area contributed by atoms with E-state index in [-0.39, 0.29) is 5.91 Å². The number of halogens is 1. The van der Waals surface area contributed by atoms with Gasteiger partial charge in [0.05, 0.1) is 0 Å². The third-order valence-electron chi connectivity index (χ3n) is 4.49. The fraction of sp³-hybridized carbons (Fsp3) is 0.471. The van der Waals surface area contributed by atoms with Gasteiger partial charge in [-0.1, -0.05) is 24.6 Å². The number of aromatic nitrogens is 1. The summed E-state index contributed by atoms with van der Waals surface area (Å²) in [6.07, 6.45) is 4.35. The number of likely N-dealkylation sites (N-methyl/N-ethyl adjacent to an activating group) is 1. The first-order chi connectivity index (χ1) is 10.7. The second-order valence-electron chi connectivity index (χ2n) is 5.88. The maximum absolute atomic E-state index is 12.2. The molecule has 118 valence electrons. The van der Waals surface area contributed by atoms with Gasteiger partial charge in [0, 0.05) is 29.3 Å². The molecule has 1 fully saturated rings. The Morgan fingerprint density at radius 2 is 2.27 bits per heavy atom. The molecule has 1 amide bonds. The number of nitrogens with one attached hydrogen (secondary N) is 1. The van der Waals surface area contributed by atoms with Gasteiger partial charge in [-0.3, -0.25) is 9.69 Å². The van der Waals surface area contributed by atoms with Crippen molar-refractivity contribution in [2.45, 2.75) is 32.4 Å². The average molecular weight is 320 g/mol. The minimum absolute atomic E-state index is 0.0560. The number of nitrogens with zero attached hydrogens (tertiary/aromatic N) is 2. The molecule has 2 aromatic rings. The molecular weight excluding hydrogens is 298 g/mol. The van der Waals surface area contributed by atoms with Gasteiger partial charge < -0.3 is 9.88 Å². The van der Waals surface area contributed by atoms with Crippen molar-refractivity contribution in [2.24, 2.45) is 0 Å². The molecule has 5 heteroatoms. The van der Waals surface area contributed by atoms with Gasteiger partial charge in [-0.15, -0.1) is 0 Å². The largest absolute Gasteiger partial charge is 0.353 e. The van der Waals surface area contributed by atoms with E-state index >= 15 is 0 Å². The van der Waals surface area contributed by atoms with Gasteiger partial charge >= 0.3 is 0 Å². The minimum Gasteiger partial charge on any atom is -0.353 e. The summed E-state index contributed by atoms with van der Waals surface area (Å²) in [5.41, 5.74) is 0.999. The molecule has 0 radical (unpaired) electrons. The van der Waals surface area contributed by atoms with Crippen LogP contribution in [-0.4, -0.2) is 41.1 Å². The van der Waals surface area contributed by atoms with E-state index in [9.17, 15) is 4.79 Å². The van der Waals surface area contributed by atoms with Crippen LogP contribution in [0.25, 0.3) is 10.9 Å². The van der Waals surface area contributed by atoms with Crippen LogP contribution in [-0.2, 0) is 11.3 Å². The Balaban J connectivity index is 1.60. The summed E-state index contributed by atoms with van der Waals surface area (Å²) >= 11 is 6.04. The van der Waals surface area contributed by atoms with E-state index < -0.39 is 0 Å². The first kappa shape index (κ1) is 15.4. The number of carbonyl (C=O) groups is 1. The van der Waals surface area contributed by atoms with Crippen LogP contribution in [0.5, 0.6) is 0 Å². The molecule has 2 heterocycles. The van der Waals surface area contributed by atoms with E-state index in [0.29, 0.717) is 17.6 Å². The SMILES string of the molecule is CCN1CCC[C@@H]1CNC(=O)Cn1ccc2ccc(Cl)cc21. The number of amides is 1. The lowest BCUT2D eigenvalue weighted by atomic mass is 10.2. The predicted molar refractivity (Wildman–Crippen MR) is 90.2 cm³/mol. The zero-order valence-corrected chi connectivity index (χ0v) is 13.6. The normalized spacial score (nSPS) is 18.9. The van der Waals surface area contributed by atoms with Gasteiger partial charge in [0.2, 0.25) is 5.91 Å². The van der Waals surface area contributed by atoms with Crippen molar-refractivity contribution < 1.29 is 4.79 Å². The van der Waals surface area contributed by atoms with Crippen molar-refractivity contribution in [1.82, 2.24) is 14.8 Å². The Bertz CT molecular complexity index is 667. The second-order valence-corrected chi connectivity index (χ2v) is 6.31. The summed E-state index contributed by atoms with van der Waals surface area (Å²) < 4.78 is 1.95. The highest BCUT2D eigenvalue weighted by molar-refractivity contribution is 6.31. The monoisotopic (exact) mass is 319 g/mol. The Kier molecular flexibility index (Phi) is 4.69. The van der Waals surface area contributed by atoms with Crippen LogP contribution in [0.4, 0.5) is 0 Å². The Morgan fingerprint density at radius 3 is 3.09 bits per heavy atom. The van der Waals surface area contributed by atoms with Crippen LogP contribution < -0.4 is 5.32 Å². The Labute approximate surface area is 136 Å². The number of carbonyl (C=O) groups excluding carboxylic acids is 1. The van der Waals surface area contributed by atoms with Crippen LogP contribution in [0.2, 0.25) is 5.02 Å². The summed E-state index contributed by atoms with van der Waals surface area (Å²) in [5, 5.41) is 4.87. The van der Waals surface area contributed by atoms with Crippen molar-refractivity contribution in [3.8, 4) is 0 Å². The maximum atomic E-state index is 12.2. The van der Waals surface area contributed by atoms with E-state index in [1.54, 1.807) is 0 Å². The highest BCUT2D eigenvalue weighted by atomic mass is 35.5. The first-order valence-corrected chi connectivity index (χ1v) is 8.30. The van der Waals surface area contributed by atoms with Gasteiger partial charge in [0.25, 0.3) is 0 Å². The predicted octanol–water partition coefficient (Wildman–Crippen LogP) is 2.90. The Hall–Kier alpha value is -1.52. The molecule has 0 aliphatic carbocycles. The summed E-state index contributed by atoms with van der Waals surface area (Å²) in [5.74, 6) is 0.0560. The molecular formula is C17H22ClN3O. The van der Waals surface area contributed by atoms with Crippen molar-refractivity contribution in [2.75, 3.05) is 19.6 Å². The molecule has 1 N–H and O–H groups in total. The fourth-order valence-electron chi connectivity index (χ4n) is 3.28. The van der Waals surface area contributed by atoms with Crippen molar-refractivity contribution >= 4 is 28.4 Å². The maximum Gasteiger partial charge on any atom is 0.239 e. The molecule has 1 aromatic carbocycles. The third-order valence-corrected chi connectivity index (χ3v) is 4.73. The summed E-state index contributed by atoms with van der Waals surface area (Å²) in [6.45, 7) is 5.46. The molecule has 1 aliphatic rings. The fourth-order valence-corrected chi connectivity index (χ4v) is 3.45. The van der Waals surface area contributed by atoms with Gasteiger partial charge in [0.1, 0.15) is 6.54 Å². The average Bonchev–Trinajstić information content (AvgIpc) is 3.12. The molecule has 22 heavy (non-hydrogen) atoms. The topological polar surface area (TPSA) is 37.3 Å². The quantitative estimate of drug-likeness (QED) is 0.920. The zero-order chi connectivity index (χ0) is 15.5. The lowest BCUT2D eigenvalue weighted by molar-refractivity contribution is -0.121. The highest BCUT2D eigenvalue weighted by Gasteiger charge is 2.23. The summed E-state index contributed by atoms with van der Waals surface area (Å²) in [4.78, 5) is 14.6. The molecule has 1 aromatic heterocycles. The molecule has 3 rings (SSSR count). The van der Waals surface area contributed by atoms with Gasteiger partial charge in [-0.25, -0.2) is 0 Å². The van der Waals surface area contributed by atoms with Crippen molar-refractivity contribution in [1.29, 1.82) is 0 Å². The van der Waals surface area contributed by atoms with E-state index in [1.165, 1.54) is 12.8 Å². The summed E-state index contributed by atoms with van der Waals surface area (Å²) in [7, 11) is 0. The smallest absolute Gasteiger partial charge is 0.239 e. The van der Waals surface area contributed by atoms with Gasteiger partial charge in [-0.2, -0.15) is 0 Å². The highest BCUT2D eigenvalue weighted by Crippen LogP contribution is 2.20. The number of likely N-dealkylation sites (tertiary alicyclic amines) is 1. The number of benzene rings is 1. The molecule has 0 unspecified atom stereocenters. The van der Waals surface area contributed by atoms with Crippen LogP contribution in [0.15, 0.2) is 30.5 Å². The molecule has 1 aliphatic heterocycles. The first-order valence-electron chi connectivity index (χ1n) is 7.92. The van der Waals surface area contributed by atoms with E-state index in [4.69, 9.17) is 11.6 Å².